The number of alkyl carbamates (subject to hydrolysis) is 1. The van der Waals surface area contributed by atoms with Gasteiger partial charge in [0.2, 0.25) is 0 Å². The van der Waals surface area contributed by atoms with E-state index >= 15 is 0 Å². The molecule has 0 fully saturated rings. The summed E-state index contributed by atoms with van der Waals surface area (Å²) in [6.45, 7) is 9.44. The van der Waals surface area contributed by atoms with E-state index in [1.165, 1.54) is 6.07 Å². The van der Waals surface area contributed by atoms with Crippen molar-refractivity contribution >= 4 is 23.0 Å². The number of carbonyl (C=O) groups excluding carboxylic acids is 2. The van der Waals surface area contributed by atoms with E-state index in [-0.39, 0.29) is 6.42 Å². The number of amides is 1. The summed E-state index contributed by atoms with van der Waals surface area (Å²) in [6.07, 6.45) is 1.71. The fourth-order valence-corrected chi connectivity index (χ4v) is 2.91. The molecule has 1 N–H and O–H groups in total. The number of hydrogen-bond donors (Lipinski definition) is 1. The van der Waals surface area contributed by atoms with Gasteiger partial charge < -0.3 is 19.2 Å². The van der Waals surface area contributed by atoms with Crippen LogP contribution in [0.4, 0.5) is 4.79 Å². The third-order valence-electron chi connectivity index (χ3n) is 4.17. The monoisotopic (exact) mass is 403 g/mol. The quantitative estimate of drug-likeness (QED) is 0.321. The van der Waals surface area contributed by atoms with Crippen molar-refractivity contribution in [2.24, 2.45) is 0 Å². The van der Waals surface area contributed by atoms with E-state index in [4.69, 9.17) is 13.9 Å². The van der Waals surface area contributed by atoms with Crippen LogP contribution in [0.2, 0.25) is 0 Å². The van der Waals surface area contributed by atoms with Gasteiger partial charge in [-0.1, -0.05) is 13.3 Å². The molecular weight excluding hydrogens is 374 g/mol. The maximum Gasteiger partial charge on any atom is 0.407 e. The highest BCUT2D eigenvalue weighted by atomic mass is 16.6. The first-order valence-electron chi connectivity index (χ1n) is 9.84. The number of esters is 1. The largest absolute Gasteiger partial charge is 0.444 e. The first-order chi connectivity index (χ1) is 13.6. The Bertz CT molecular complexity index is 939. The van der Waals surface area contributed by atoms with E-state index in [1.54, 1.807) is 33.8 Å². The number of ether oxygens (including phenoxy) is 2. The summed E-state index contributed by atoms with van der Waals surface area (Å²) in [6, 6.07) is 5.03. The predicted molar refractivity (Wildman–Crippen MR) is 110 cm³/mol. The van der Waals surface area contributed by atoms with Crippen LogP contribution in [-0.2, 0) is 16.0 Å². The molecular formula is C22H29NO6. The Kier molecular flexibility index (Phi) is 7.42. The minimum absolute atomic E-state index is 0.132. The molecule has 7 heteroatoms. The Balaban J connectivity index is 1.98. The van der Waals surface area contributed by atoms with Crippen LogP contribution in [0, 0.1) is 6.92 Å². The van der Waals surface area contributed by atoms with Gasteiger partial charge in [-0.15, -0.1) is 0 Å². The van der Waals surface area contributed by atoms with Crippen LogP contribution in [0.25, 0.3) is 11.0 Å². The maximum absolute atomic E-state index is 12.2. The minimum Gasteiger partial charge on any atom is -0.444 e. The Morgan fingerprint density at radius 2 is 1.93 bits per heavy atom. The molecule has 1 aromatic carbocycles. The second-order valence-corrected chi connectivity index (χ2v) is 7.91. The molecule has 0 atom stereocenters. The van der Waals surface area contributed by atoms with E-state index in [0.717, 1.165) is 23.8 Å². The highest BCUT2D eigenvalue weighted by molar-refractivity contribution is 5.86. The summed E-state index contributed by atoms with van der Waals surface area (Å²) in [5, 5.41) is 3.45. The van der Waals surface area contributed by atoms with Gasteiger partial charge in [0.15, 0.2) is 0 Å². The Morgan fingerprint density at radius 1 is 1.21 bits per heavy atom. The number of fused-ring (bicyclic) bond motifs is 1. The van der Waals surface area contributed by atoms with Crippen molar-refractivity contribution in [3.63, 3.8) is 0 Å². The van der Waals surface area contributed by atoms with Crippen LogP contribution >= 0.6 is 0 Å². The van der Waals surface area contributed by atoms with Crippen molar-refractivity contribution in [3.05, 3.63) is 39.7 Å². The number of aryl methyl sites for hydroxylation is 2. The maximum atomic E-state index is 12.2. The highest BCUT2D eigenvalue weighted by Gasteiger charge is 2.16. The van der Waals surface area contributed by atoms with Crippen LogP contribution in [0.15, 0.2) is 27.4 Å². The number of nitrogens with one attached hydrogen (secondary N) is 1. The smallest absolute Gasteiger partial charge is 0.407 e. The van der Waals surface area contributed by atoms with Crippen LogP contribution in [-0.4, -0.2) is 24.2 Å². The molecule has 1 aromatic heterocycles. The molecule has 0 aliphatic rings. The summed E-state index contributed by atoms with van der Waals surface area (Å²) in [7, 11) is 0. The fourth-order valence-electron chi connectivity index (χ4n) is 2.91. The molecule has 2 rings (SSSR count). The van der Waals surface area contributed by atoms with Gasteiger partial charge in [-0.05, 0) is 58.2 Å². The molecule has 0 aliphatic heterocycles. The zero-order valence-corrected chi connectivity index (χ0v) is 17.7. The van der Waals surface area contributed by atoms with Crippen molar-refractivity contribution in [2.75, 3.05) is 6.54 Å². The summed E-state index contributed by atoms with van der Waals surface area (Å²) >= 11 is 0. The van der Waals surface area contributed by atoms with Crippen molar-refractivity contribution in [3.8, 4) is 5.75 Å². The first kappa shape index (κ1) is 22.5. The Hall–Kier alpha value is -2.83. The molecule has 0 spiro atoms. The van der Waals surface area contributed by atoms with Crippen molar-refractivity contribution in [1.29, 1.82) is 0 Å². The second kappa shape index (κ2) is 9.58. The fraction of sp³-hybridized carbons (Fsp3) is 0.500. The van der Waals surface area contributed by atoms with Gasteiger partial charge in [-0.25, -0.2) is 9.59 Å². The van der Waals surface area contributed by atoms with Gasteiger partial charge in [0, 0.05) is 30.0 Å². The third kappa shape index (κ3) is 6.62. The molecule has 0 saturated heterocycles. The third-order valence-corrected chi connectivity index (χ3v) is 4.17. The molecule has 2 aromatic rings. The Morgan fingerprint density at radius 3 is 2.59 bits per heavy atom. The van der Waals surface area contributed by atoms with E-state index in [0.29, 0.717) is 29.9 Å². The average molecular weight is 403 g/mol. The Labute approximate surface area is 170 Å². The first-order valence-corrected chi connectivity index (χ1v) is 9.84. The van der Waals surface area contributed by atoms with Crippen LogP contribution in [0.5, 0.6) is 5.75 Å². The summed E-state index contributed by atoms with van der Waals surface area (Å²) in [4.78, 5) is 35.6. The van der Waals surface area contributed by atoms with Crippen molar-refractivity contribution in [1.82, 2.24) is 5.32 Å². The minimum atomic E-state index is -0.567. The predicted octanol–water partition coefficient (Wildman–Crippen LogP) is 4.26. The number of carbonyl (C=O) groups is 2. The summed E-state index contributed by atoms with van der Waals surface area (Å²) in [5.41, 5.74) is 0.993. The van der Waals surface area contributed by atoms with Gasteiger partial charge in [-0.3, -0.25) is 4.79 Å². The lowest BCUT2D eigenvalue weighted by Gasteiger charge is -2.19. The molecule has 158 valence electrons. The SMILES string of the molecule is CCCc1cc(=O)oc2c(C)c(OC(=O)CCCNC(=O)OC(C)(C)C)ccc12. The lowest BCUT2D eigenvalue weighted by molar-refractivity contribution is -0.134. The highest BCUT2D eigenvalue weighted by Crippen LogP contribution is 2.29. The molecule has 0 unspecified atom stereocenters. The van der Waals surface area contributed by atoms with Crippen molar-refractivity contribution in [2.45, 2.75) is 65.9 Å². The molecule has 7 nitrogen and oxygen atoms in total. The number of rotatable bonds is 7. The average Bonchev–Trinajstić information content (AvgIpc) is 2.60. The van der Waals surface area contributed by atoms with E-state index in [9.17, 15) is 14.4 Å². The number of hydrogen-bond acceptors (Lipinski definition) is 6. The molecule has 0 saturated carbocycles. The lowest BCUT2D eigenvalue weighted by atomic mass is 10.0. The van der Waals surface area contributed by atoms with E-state index < -0.39 is 23.3 Å². The summed E-state index contributed by atoms with van der Waals surface area (Å²) < 4.78 is 15.9. The zero-order chi connectivity index (χ0) is 21.6. The van der Waals surface area contributed by atoms with Gasteiger partial charge in [0.05, 0.1) is 0 Å². The van der Waals surface area contributed by atoms with Gasteiger partial charge >= 0.3 is 17.7 Å². The van der Waals surface area contributed by atoms with Crippen LogP contribution in [0.1, 0.15) is 58.1 Å². The number of benzene rings is 1. The summed E-state index contributed by atoms with van der Waals surface area (Å²) in [5.74, 6) is -0.0649. The molecule has 1 heterocycles. The van der Waals surface area contributed by atoms with Crippen molar-refractivity contribution < 1.29 is 23.5 Å². The molecule has 0 bridgehead atoms. The van der Waals surface area contributed by atoms with Gasteiger partial charge in [0.1, 0.15) is 16.9 Å². The molecule has 0 radical (unpaired) electrons. The molecule has 1 amide bonds. The van der Waals surface area contributed by atoms with Gasteiger partial charge in [-0.2, -0.15) is 0 Å². The molecule has 0 aliphatic carbocycles. The second-order valence-electron chi connectivity index (χ2n) is 7.91. The topological polar surface area (TPSA) is 94.8 Å². The van der Waals surface area contributed by atoms with Crippen LogP contribution < -0.4 is 15.7 Å². The zero-order valence-electron chi connectivity index (χ0n) is 17.7. The lowest BCUT2D eigenvalue weighted by Crippen LogP contribution is -2.33. The standard InChI is InChI=1S/C22H29NO6/c1-6-8-15-13-19(25)28-20-14(2)17(11-10-16(15)20)27-18(24)9-7-12-23-21(26)29-22(3,4)5/h10-11,13H,6-9,12H2,1-5H3,(H,23,26). The van der Waals surface area contributed by atoms with E-state index in [2.05, 4.69) is 5.32 Å². The van der Waals surface area contributed by atoms with Crippen LogP contribution in [0.3, 0.4) is 0 Å². The molecule has 29 heavy (non-hydrogen) atoms. The normalized spacial score (nSPS) is 11.3. The van der Waals surface area contributed by atoms with E-state index in [1.807, 2.05) is 13.0 Å². The van der Waals surface area contributed by atoms with Gasteiger partial charge in [0.25, 0.3) is 0 Å².